The van der Waals surface area contributed by atoms with Crippen LogP contribution in [0, 0.1) is 0 Å². The monoisotopic (exact) mass is 443 g/mol. The highest BCUT2D eigenvalue weighted by atomic mass is 35.6. The summed E-state index contributed by atoms with van der Waals surface area (Å²) in [7, 11) is -3.79. The molecule has 0 aliphatic carbocycles. The Labute approximate surface area is 169 Å². The number of hydrogen-bond donors (Lipinski definition) is 3. The molecule has 0 aliphatic heterocycles. The highest BCUT2D eigenvalue weighted by Crippen LogP contribution is 2.31. The SMILES string of the molecule is CCCCCCCC(=O)N[C@H](Nc1ccc(S(N)(=O)=O)cc1)C(Cl)(Cl)Cl. The van der Waals surface area contributed by atoms with Gasteiger partial charge in [-0.25, -0.2) is 13.6 Å². The fourth-order valence-corrected chi connectivity index (χ4v) is 3.07. The van der Waals surface area contributed by atoms with Gasteiger partial charge in [-0.1, -0.05) is 67.4 Å². The summed E-state index contributed by atoms with van der Waals surface area (Å²) in [6.45, 7) is 2.12. The highest BCUT2D eigenvalue weighted by molar-refractivity contribution is 7.89. The number of primary sulfonamides is 1. The van der Waals surface area contributed by atoms with Crippen molar-refractivity contribution in [3.05, 3.63) is 24.3 Å². The molecule has 10 heteroatoms. The second-order valence-electron chi connectivity index (χ2n) is 5.92. The number of amides is 1. The maximum Gasteiger partial charge on any atom is 0.238 e. The van der Waals surface area contributed by atoms with Crippen LogP contribution in [0.1, 0.15) is 45.4 Å². The second-order valence-corrected chi connectivity index (χ2v) is 9.85. The third-order valence-electron chi connectivity index (χ3n) is 3.63. The van der Waals surface area contributed by atoms with Gasteiger partial charge in [0.05, 0.1) is 4.90 Å². The van der Waals surface area contributed by atoms with Crippen LogP contribution < -0.4 is 15.8 Å². The predicted octanol–water partition coefficient (Wildman–Crippen LogP) is 3.92. The topological polar surface area (TPSA) is 101 Å². The van der Waals surface area contributed by atoms with Crippen molar-refractivity contribution in [3.8, 4) is 0 Å². The molecule has 0 aromatic heterocycles. The van der Waals surface area contributed by atoms with Gasteiger partial charge in [-0.05, 0) is 30.7 Å². The average molecular weight is 445 g/mol. The third kappa shape index (κ3) is 8.77. The fourth-order valence-electron chi connectivity index (χ4n) is 2.23. The molecule has 1 rings (SSSR count). The van der Waals surface area contributed by atoms with Crippen molar-refractivity contribution in [2.75, 3.05) is 5.32 Å². The van der Waals surface area contributed by atoms with Crippen molar-refractivity contribution >= 4 is 56.4 Å². The maximum absolute atomic E-state index is 12.1. The lowest BCUT2D eigenvalue weighted by atomic mass is 10.1. The molecule has 0 heterocycles. The van der Waals surface area contributed by atoms with Gasteiger partial charge in [0.25, 0.3) is 0 Å². The summed E-state index contributed by atoms with van der Waals surface area (Å²) in [6, 6.07) is 5.59. The Morgan fingerprint density at radius 2 is 1.69 bits per heavy atom. The average Bonchev–Trinajstić information content (AvgIpc) is 2.53. The largest absolute Gasteiger partial charge is 0.362 e. The number of unbranched alkanes of at least 4 members (excludes halogenated alkanes) is 4. The molecule has 148 valence electrons. The van der Waals surface area contributed by atoms with Gasteiger partial charge in [-0.3, -0.25) is 4.79 Å². The Morgan fingerprint density at radius 3 is 2.19 bits per heavy atom. The van der Waals surface area contributed by atoms with E-state index in [0.29, 0.717) is 12.1 Å². The summed E-state index contributed by atoms with van der Waals surface area (Å²) in [5, 5.41) is 10.6. The number of nitrogens with two attached hydrogens (primary N) is 1. The number of alkyl halides is 3. The van der Waals surface area contributed by atoms with Gasteiger partial charge in [0, 0.05) is 12.1 Å². The summed E-state index contributed by atoms with van der Waals surface area (Å²) in [5.74, 6) is -0.230. The number of sulfonamides is 1. The smallest absolute Gasteiger partial charge is 0.238 e. The molecule has 4 N–H and O–H groups in total. The molecule has 0 aliphatic rings. The Morgan fingerprint density at radius 1 is 1.12 bits per heavy atom. The van der Waals surface area contributed by atoms with E-state index >= 15 is 0 Å². The molecule has 0 fully saturated rings. The van der Waals surface area contributed by atoms with E-state index in [9.17, 15) is 13.2 Å². The third-order valence-corrected chi connectivity index (χ3v) is 5.22. The second kappa shape index (κ2) is 10.6. The molecule has 1 atom stereocenters. The lowest BCUT2D eigenvalue weighted by Gasteiger charge is -2.27. The Hall–Kier alpha value is -0.730. The van der Waals surface area contributed by atoms with Crippen LogP contribution in [0.3, 0.4) is 0 Å². The van der Waals surface area contributed by atoms with Crippen LogP contribution in [0.5, 0.6) is 0 Å². The summed E-state index contributed by atoms with van der Waals surface area (Å²) >= 11 is 17.8. The predicted molar refractivity (Wildman–Crippen MR) is 107 cm³/mol. The van der Waals surface area contributed by atoms with Crippen molar-refractivity contribution in [2.45, 2.75) is 60.3 Å². The number of benzene rings is 1. The molecule has 0 saturated carbocycles. The van der Waals surface area contributed by atoms with Crippen molar-refractivity contribution < 1.29 is 13.2 Å². The van der Waals surface area contributed by atoms with E-state index < -0.39 is 20.0 Å². The van der Waals surface area contributed by atoms with Crippen LogP contribution in [0.25, 0.3) is 0 Å². The first kappa shape index (κ1) is 23.3. The number of carbonyl (C=O) groups excluding carboxylic acids is 1. The van der Waals surface area contributed by atoms with Gasteiger partial charge in [0.15, 0.2) is 0 Å². The lowest BCUT2D eigenvalue weighted by Crippen LogP contribution is -2.49. The van der Waals surface area contributed by atoms with Gasteiger partial charge in [-0.15, -0.1) is 0 Å². The molecule has 0 saturated heterocycles. The van der Waals surface area contributed by atoms with E-state index in [1.165, 1.54) is 24.3 Å². The zero-order chi connectivity index (χ0) is 19.8. The summed E-state index contributed by atoms with van der Waals surface area (Å²) in [5.41, 5.74) is 0.469. The molecular formula is C16H24Cl3N3O3S. The van der Waals surface area contributed by atoms with Crippen LogP contribution in [-0.4, -0.2) is 24.3 Å². The molecule has 1 aromatic carbocycles. The number of carbonyl (C=O) groups is 1. The van der Waals surface area contributed by atoms with Crippen molar-refractivity contribution in [3.63, 3.8) is 0 Å². The first-order valence-corrected chi connectivity index (χ1v) is 11.0. The molecule has 1 amide bonds. The number of nitrogens with one attached hydrogen (secondary N) is 2. The van der Waals surface area contributed by atoms with Gasteiger partial charge >= 0.3 is 0 Å². The van der Waals surface area contributed by atoms with E-state index in [4.69, 9.17) is 39.9 Å². The quantitative estimate of drug-likeness (QED) is 0.289. The van der Waals surface area contributed by atoms with Gasteiger partial charge in [0.1, 0.15) is 6.17 Å². The first-order chi connectivity index (χ1) is 12.0. The molecule has 0 unspecified atom stereocenters. The summed E-state index contributed by atoms with van der Waals surface area (Å²) in [6.07, 6.45) is 4.48. The van der Waals surface area contributed by atoms with E-state index in [1.54, 1.807) is 0 Å². The molecular weight excluding hydrogens is 421 g/mol. The Balaban J connectivity index is 2.66. The van der Waals surface area contributed by atoms with Crippen LogP contribution in [0.4, 0.5) is 5.69 Å². The molecule has 0 radical (unpaired) electrons. The zero-order valence-electron chi connectivity index (χ0n) is 14.5. The molecule has 26 heavy (non-hydrogen) atoms. The fraction of sp³-hybridized carbons (Fsp3) is 0.562. The van der Waals surface area contributed by atoms with Crippen molar-refractivity contribution in [1.29, 1.82) is 0 Å². The van der Waals surface area contributed by atoms with Gasteiger partial charge in [0.2, 0.25) is 19.7 Å². The zero-order valence-corrected chi connectivity index (χ0v) is 17.6. The van der Waals surface area contributed by atoms with E-state index in [1.807, 2.05) is 0 Å². The summed E-state index contributed by atoms with van der Waals surface area (Å²) < 4.78 is 20.8. The van der Waals surface area contributed by atoms with Crippen LogP contribution >= 0.6 is 34.8 Å². The van der Waals surface area contributed by atoms with E-state index in [-0.39, 0.29) is 10.8 Å². The Kier molecular flexibility index (Phi) is 9.47. The van der Waals surface area contributed by atoms with Crippen LogP contribution in [-0.2, 0) is 14.8 Å². The molecule has 6 nitrogen and oxygen atoms in total. The standard InChI is InChI=1S/C16H24Cl3N3O3S/c1-2-3-4-5-6-7-14(23)22-15(16(17,18)19)21-12-8-10-13(11-9-12)26(20,24)25/h8-11,15,21H,2-7H2,1H3,(H,22,23)(H2,20,24,25)/t15-/m0/s1. The van der Waals surface area contributed by atoms with E-state index in [2.05, 4.69) is 17.6 Å². The maximum atomic E-state index is 12.1. The van der Waals surface area contributed by atoms with Gasteiger partial charge in [-0.2, -0.15) is 0 Å². The number of anilines is 1. The normalized spacial score (nSPS) is 13.3. The number of halogens is 3. The number of hydrogen-bond acceptors (Lipinski definition) is 4. The molecule has 0 bridgehead atoms. The summed E-state index contributed by atoms with van der Waals surface area (Å²) in [4.78, 5) is 12.0. The molecule has 1 aromatic rings. The first-order valence-electron chi connectivity index (χ1n) is 8.29. The minimum atomic E-state index is -3.79. The Bertz CT molecular complexity index is 676. The van der Waals surface area contributed by atoms with Crippen LogP contribution in [0.2, 0.25) is 0 Å². The number of rotatable bonds is 10. The highest BCUT2D eigenvalue weighted by Gasteiger charge is 2.34. The van der Waals surface area contributed by atoms with Gasteiger partial charge < -0.3 is 10.6 Å². The van der Waals surface area contributed by atoms with Crippen LogP contribution in [0.15, 0.2) is 29.2 Å². The minimum Gasteiger partial charge on any atom is -0.362 e. The van der Waals surface area contributed by atoms with E-state index in [0.717, 1.165) is 32.1 Å². The van der Waals surface area contributed by atoms with Crippen molar-refractivity contribution in [2.24, 2.45) is 5.14 Å². The lowest BCUT2D eigenvalue weighted by molar-refractivity contribution is -0.121. The minimum absolute atomic E-state index is 0.0374. The van der Waals surface area contributed by atoms with Crippen molar-refractivity contribution in [1.82, 2.24) is 5.32 Å². The molecule has 0 spiro atoms.